The minimum Gasteiger partial charge on any atom is -0.490 e. The molecule has 0 unspecified atom stereocenters. The molecule has 1 fully saturated rings. The standard InChI is InChI=1S/C19H20N4O2/c24-19(21-23-14-20-17-8-4-5-9-18(17)23)22-12-10-16(11-13-22)25-15-6-2-1-3-7-15/h1-9,14,16H,10-13H2,(H,21,24). The molecule has 0 bridgehead atoms. The Morgan fingerprint density at radius 1 is 1.04 bits per heavy atom. The van der Waals surface area contributed by atoms with Crippen molar-refractivity contribution < 1.29 is 9.53 Å². The van der Waals surface area contributed by atoms with Gasteiger partial charge in [-0.25, -0.2) is 19.9 Å². The van der Waals surface area contributed by atoms with Gasteiger partial charge in [-0.05, 0) is 24.3 Å². The van der Waals surface area contributed by atoms with Gasteiger partial charge in [0, 0.05) is 25.9 Å². The third-order valence-corrected chi connectivity index (χ3v) is 4.44. The first-order valence-electron chi connectivity index (χ1n) is 8.49. The molecule has 3 aromatic rings. The summed E-state index contributed by atoms with van der Waals surface area (Å²) in [6, 6.07) is 17.4. The molecule has 2 heterocycles. The van der Waals surface area contributed by atoms with Gasteiger partial charge < -0.3 is 9.64 Å². The molecule has 0 atom stereocenters. The molecule has 0 radical (unpaired) electrons. The molecule has 1 aliphatic rings. The Hall–Kier alpha value is -3.02. The molecule has 2 amide bonds. The van der Waals surface area contributed by atoms with E-state index in [2.05, 4.69) is 10.4 Å². The molecule has 128 valence electrons. The second-order valence-corrected chi connectivity index (χ2v) is 6.14. The van der Waals surface area contributed by atoms with Crippen molar-refractivity contribution in [2.45, 2.75) is 18.9 Å². The largest absolute Gasteiger partial charge is 0.490 e. The molecule has 6 nitrogen and oxygen atoms in total. The molecule has 1 aliphatic heterocycles. The number of nitrogens with one attached hydrogen (secondary N) is 1. The number of likely N-dealkylation sites (tertiary alicyclic amines) is 1. The van der Waals surface area contributed by atoms with Crippen molar-refractivity contribution in [2.75, 3.05) is 18.5 Å². The number of hydrogen-bond acceptors (Lipinski definition) is 3. The second kappa shape index (κ2) is 6.84. The van der Waals surface area contributed by atoms with E-state index in [1.54, 1.807) is 11.0 Å². The normalized spacial score (nSPS) is 15.3. The predicted octanol–water partition coefficient (Wildman–Crippen LogP) is 3.24. The van der Waals surface area contributed by atoms with Crippen molar-refractivity contribution in [3.63, 3.8) is 0 Å². The lowest BCUT2D eigenvalue weighted by molar-refractivity contribution is 0.114. The summed E-state index contributed by atoms with van der Waals surface area (Å²) < 4.78 is 7.64. The Morgan fingerprint density at radius 3 is 2.56 bits per heavy atom. The molecule has 2 aromatic carbocycles. The quantitative estimate of drug-likeness (QED) is 0.799. The topological polar surface area (TPSA) is 59.4 Å². The lowest BCUT2D eigenvalue weighted by Crippen LogP contribution is -2.45. The molecule has 1 saturated heterocycles. The Kier molecular flexibility index (Phi) is 4.24. The summed E-state index contributed by atoms with van der Waals surface area (Å²) in [6.07, 6.45) is 3.44. The number of nitrogens with zero attached hydrogens (tertiary/aromatic N) is 3. The monoisotopic (exact) mass is 336 g/mol. The Balaban J connectivity index is 1.33. The van der Waals surface area contributed by atoms with Gasteiger partial charge in [0.1, 0.15) is 18.2 Å². The smallest absolute Gasteiger partial charge is 0.336 e. The third kappa shape index (κ3) is 3.42. The van der Waals surface area contributed by atoms with Crippen molar-refractivity contribution in [3.8, 4) is 5.75 Å². The first kappa shape index (κ1) is 15.5. The van der Waals surface area contributed by atoms with Crippen molar-refractivity contribution in [2.24, 2.45) is 0 Å². The Bertz CT molecular complexity index is 854. The number of imidazole rings is 1. The number of hydrogen-bond donors (Lipinski definition) is 1. The van der Waals surface area contributed by atoms with Gasteiger partial charge in [-0.15, -0.1) is 0 Å². The van der Waals surface area contributed by atoms with Crippen LogP contribution in [-0.2, 0) is 0 Å². The van der Waals surface area contributed by atoms with E-state index in [0.717, 1.165) is 29.6 Å². The molecule has 0 spiro atoms. The number of carbonyl (C=O) groups excluding carboxylic acids is 1. The third-order valence-electron chi connectivity index (χ3n) is 4.44. The molecule has 1 aromatic heterocycles. The van der Waals surface area contributed by atoms with Crippen LogP contribution in [0.1, 0.15) is 12.8 Å². The van der Waals surface area contributed by atoms with Gasteiger partial charge in [0.25, 0.3) is 0 Å². The molecule has 0 aliphatic carbocycles. The molecular weight excluding hydrogens is 316 g/mol. The summed E-state index contributed by atoms with van der Waals surface area (Å²) in [7, 11) is 0. The number of piperidine rings is 1. The van der Waals surface area contributed by atoms with Gasteiger partial charge in [0.15, 0.2) is 0 Å². The number of benzene rings is 2. The van der Waals surface area contributed by atoms with Crippen LogP contribution in [0, 0.1) is 0 Å². The molecule has 6 heteroatoms. The number of urea groups is 1. The number of ether oxygens (including phenoxy) is 1. The van der Waals surface area contributed by atoms with E-state index in [9.17, 15) is 4.79 Å². The molecular formula is C19H20N4O2. The van der Waals surface area contributed by atoms with Gasteiger partial charge in [-0.1, -0.05) is 30.3 Å². The van der Waals surface area contributed by atoms with E-state index in [1.807, 2.05) is 59.5 Å². The Labute approximate surface area is 146 Å². The summed E-state index contributed by atoms with van der Waals surface area (Å²) in [5.74, 6) is 0.885. The van der Waals surface area contributed by atoms with Gasteiger partial charge in [-0.3, -0.25) is 0 Å². The number of aromatic nitrogens is 2. The van der Waals surface area contributed by atoms with Crippen molar-refractivity contribution in [1.82, 2.24) is 14.6 Å². The SMILES string of the molecule is O=C(Nn1cnc2ccccc21)N1CCC(Oc2ccccc2)CC1. The predicted molar refractivity (Wildman–Crippen MR) is 96.2 cm³/mol. The first-order valence-corrected chi connectivity index (χ1v) is 8.49. The maximum absolute atomic E-state index is 12.5. The van der Waals surface area contributed by atoms with Crippen LogP contribution in [0.3, 0.4) is 0 Å². The van der Waals surface area contributed by atoms with Gasteiger partial charge >= 0.3 is 6.03 Å². The highest BCUT2D eigenvalue weighted by Gasteiger charge is 2.24. The van der Waals surface area contributed by atoms with E-state index >= 15 is 0 Å². The van der Waals surface area contributed by atoms with Crippen LogP contribution < -0.4 is 10.2 Å². The molecule has 1 N–H and O–H groups in total. The van der Waals surface area contributed by atoms with Crippen LogP contribution in [0.4, 0.5) is 4.79 Å². The summed E-state index contributed by atoms with van der Waals surface area (Å²) >= 11 is 0. The second-order valence-electron chi connectivity index (χ2n) is 6.14. The van der Waals surface area contributed by atoms with Crippen LogP contribution in [0.25, 0.3) is 11.0 Å². The van der Waals surface area contributed by atoms with E-state index < -0.39 is 0 Å². The summed E-state index contributed by atoms with van der Waals surface area (Å²) in [5, 5.41) is 0. The fraction of sp³-hybridized carbons (Fsp3) is 0.263. The highest BCUT2D eigenvalue weighted by atomic mass is 16.5. The van der Waals surface area contributed by atoms with E-state index in [1.165, 1.54) is 0 Å². The lowest BCUT2D eigenvalue weighted by atomic mass is 10.1. The average Bonchev–Trinajstić information content (AvgIpc) is 3.06. The fourth-order valence-electron chi connectivity index (χ4n) is 3.09. The van der Waals surface area contributed by atoms with Crippen molar-refractivity contribution in [3.05, 3.63) is 60.9 Å². The van der Waals surface area contributed by atoms with Crippen LogP contribution in [0.5, 0.6) is 5.75 Å². The number of amides is 2. The first-order chi connectivity index (χ1) is 12.3. The van der Waals surface area contributed by atoms with Crippen LogP contribution in [-0.4, -0.2) is 39.8 Å². The molecule has 25 heavy (non-hydrogen) atoms. The maximum atomic E-state index is 12.5. The van der Waals surface area contributed by atoms with Gasteiger partial charge in [-0.2, -0.15) is 0 Å². The summed E-state index contributed by atoms with van der Waals surface area (Å²) in [6.45, 7) is 1.35. The van der Waals surface area contributed by atoms with Crippen LogP contribution >= 0.6 is 0 Å². The number of para-hydroxylation sites is 3. The van der Waals surface area contributed by atoms with E-state index in [-0.39, 0.29) is 12.1 Å². The van der Waals surface area contributed by atoms with E-state index in [0.29, 0.717) is 13.1 Å². The minimum atomic E-state index is -0.110. The van der Waals surface area contributed by atoms with Crippen LogP contribution in [0.15, 0.2) is 60.9 Å². The van der Waals surface area contributed by atoms with Crippen LogP contribution in [0.2, 0.25) is 0 Å². The lowest BCUT2D eigenvalue weighted by Gasteiger charge is -2.32. The number of rotatable bonds is 3. The zero-order chi connectivity index (χ0) is 17.1. The number of fused-ring (bicyclic) bond motifs is 1. The Morgan fingerprint density at radius 2 is 1.76 bits per heavy atom. The van der Waals surface area contributed by atoms with Gasteiger partial charge in [0.05, 0.1) is 11.0 Å². The minimum absolute atomic E-state index is 0.110. The summed E-state index contributed by atoms with van der Waals surface area (Å²) in [5.41, 5.74) is 4.65. The highest BCUT2D eigenvalue weighted by molar-refractivity contribution is 5.85. The van der Waals surface area contributed by atoms with Crippen molar-refractivity contribution in [1.29, 1.82) is 0 Å². The average molecular weight is 336 g/mol. The fourth-order valence-corrected chi connectivity index (χ4v) is 3.09. The maximum Gasteiger partial charge on any atom is 0.336 e. The van der Waals surface area contributed by atoms with E-state index in [4.69, 9.17) is 4.74 Å². The van der Waals surface area contributed by atoms with Crippen molar-refractivity contribution >= 4 is 17.1 Å². The summed E-state index contributed by atoms with van der Waals surface area (Å²) in [4.78, 5) is 18.6. The number of carbonyl (C=O) groups is 1. The molecule has 4 rings (SSSR count). The molecule has 0 saturated carbocycles. The zero-order valence-electron chi connectivity index (χ0n) is 13.8. The zero-order valence-corrected chi connectivity index (χ0v) is 13.8. The highest BCUT2D eigenvalue weighted by Crippen LogP contribution is 2.19. The van der Waals surface area contributed by atoms with Gasteiger partial charge in [0.2, 0.25) is 0 Å².